The van der Waals surface area contributed by atoms with E-state index in [-0.39, 0.29) is 5.54 Å². The highest BCUT2D eigenvalue weighted by Crippen LogP contribution is 2.43. The van der Waals surface area contributed by atoms with Gasteiger partial charge < -0.3 is 4.74 Å². The highest BCUT2D eigenvalue weighted by molar-refractivity contribution is 5.43. The van der Waals surface area contributed by atoms with Gasteiger partial charge in [-0.3, -0.25) is 0 Å². The summed E-state index contributed by atoms with van der Waals surface area (Å²) in [7, 11) is 1.67. The molecule has 0 atom stereocenters. The van der Waals surface area contributed by atoms with Crippen molar-refractivity contribution in [1.29, 1.82) is 0 Å². The Hall–Kier alpha value is -1.60. The summed E-state index contributed by atoms with van der Waals surface area (Å²) in [6, 6.07) is 6.23. The second-order valence-electron chi connectivity index (χ2n) is 5.59. The number of rotatable bonds is 4. The van der Waals surface area contributed by atoms with Crippen LogP contribution in [0.25, 0.3) is 0 Å². The molecule has 1 aliphatic rings. The normalized spacial score (nSPS) is 17.3. The van der Waals surface area contributed by atoms with Crippen LogP contribution < -0.4 is 4.74 Å². The number of benzene rings is 1. The topological polar surface area (TPSA) is 38.7 Å². The zero-order chi connectivity index (χ0) is 13.9. The summed E-state index contributed by atoms with van der Waals surface area (Å²) in [5.74, 6) is 1.26. The molecule has 0 N–H and O–H groups in total. The van der Waals surface area contributed by atoms with Crippen LogP contribution in [0, 0.1) is 0 Å². The Kier molecular flexibility index (Phi) is 4.06. The molecule has 1 aliphatic carbocycles. The minimum atomic E-state index is -0.375. The van der Waals surface area contributed by atoms with Crippen LogP contribution in [0.1, 0.15) is 56.6 Å². The fourth-order valence-corrected chi connectivity index (χ4v) is 2.85. The van der Waals surface area contributed by atoms with E-state index in [1.807, 2.05) is 6.07 Å². The maximum absolute atomic E-state index is 10.8. The molecule has 0 saturated heterocycles. The van der Waals surface area contributed by atoms with Gasteiger partial charge in [0.05, 0.1) is 12.6 Å². The van der Waals surface area contributed by atoms with Gasteiger partial charge in [0.1, 0.15) is 5.75 Å². The predicted octanol–water partition coefficient (Wildman–Crippen LogP) is 3.92. The lowest BCUT2D eigenvalue weighted by Crippen LogP contribution is -2.19. The van der Waals surface area contributed by atoms with E-state index in [9.17, 15) is 4.79 Å². The quantitative estimate of drug-likeness (QED) is 0.607. The largest absolute Gasteiger partial charge is 0.497 e. The van der Waals surface area contributed by atoms with Crippen molar-refractivity contribution >= 4 is 6.08 Å². The first kappa shape index (κ1) is 13.8. The molecule has 102 valence electrons. The van der Waals surface area contributed by atoms with Gasteiger partial charge in [-0.2, -0.15) is 4.99 Å². The lowest BCUT2D eigenvalue weighted by molar-refractivity contribution is 0.407. The first-order chi connectivity index (χ1) is 9.11. The average molecular weight is 259 g/mol. The highest BCUT2D eigenvalue weighted by atomic mass is 16.5. The molecule has 0 radical (unpaired) electrons. The molecule has 0 unspecified atom stereocenters. The molecule has 0 amide bonds. The molecular weight excluding hydrogens is 238 g/mol. The molecule has 1 aromatic rings. The lowest BCUT2D eigenvalue weighted by Gasteiger charge is -2.24. The van der Waals surface area contributed by atoms with Crippen molar-refractivity contribution in [2.75, 3.05) is 7.11 Å². The van der Waals surface area contributed by atoms with Crippen LogP contribution in [0.5, 0.6) is 5.75 Å². The van der Waals surface area contributed by atoms with Crippen LogP contribution in [-0.4, -0.2) is 13.2 Å². The number of isocyanates is 1. The highest BCUT2D eigenvalue weighted by Gasteiger charge is 2.36. The van der Waals surface area contributed by atoms with Crippen LogP contribution in [-0.2, 0) is 10.3 Å². The molecular formula is C16H21NO2. The smallest absolute Gasteiger partial charge is 0.235 e. The van der Waals surface area contributed by atoms with E-state index < -0.39 is 0 Å². The van der Waals surface area contributed by atoms with Gasteiger partial charge >= 0.3 is 0 Å². The molecule has 0 bridgehead atoms. The Morgan fingerprint density at radius 1 is 1.26 bits per heavy atom. The molecule has 3 heteroatoms. The number of carbonyl (C=O) groups excluding carboxylic acids is 1. The van der Waals surface area contributed by atoms with E-state index in [1.165, 1.54) is 5.56 Å². The molecule has 0 aliphatic heterocycles. The van der Waals surface area contributed by atoms with E-state index in [2.05, 4.69) is 31.0 Å². The van der Waals surface area contributed by atoms with E-state index in [0.29, 0.717) is 5.92 Å². The van der Waals surface area contributed by atoms with E-state index >= 15 is 0 Å². The summed E-state index contributed by atoms with van der Waals surface area (Å²) < 4.78 is 5.39. The first-order valence-electron chi connectivity index (χ1n) is 6.90. The number of nitrogens with zero attached hydrogens (tertiary/aromatic N) is 1. The fraction of sp³-hybridized carbons (Fsp3) is 0.562. The summed E-state index contributed by atoms with van der Waals surface area (Å²) in [5, 5.41) is 0. The van der Waals surface area contributed by atoms with Crippen LogP contribution in [0.4, 0.5) is 0 Å². The summed E-state index contributed by atoms with van der Waals surface area (Å²) in [5.41, 5.74) is 1.94. The molecule has 1 aromatic carbocycles. The molecule has 0 spiro atoms. The van der Waals surface area contributed by atoms with Crippen molar-refractivity contribution in [2.45, 2.75) is 51.0 Å². The van der Waals surface area contributed by atoms with Crippen LogP contribution in [0.2, 0.25) is 0 Å². The van der Waals surface area contributed by atoms with Gasteiger partial charge in [-0.15, -0.1) is 0 Å². The van der Waals surface area contributed by atoms with Gasteiger partial charge in [0.25, 0.3) is 0 Å². The first-order valence-corrected chi connectivity index (χ1v) is 6.90. The van der Waals surface area contributed by atoms with Crippen LogP contribution in [0.15, 0.2) is 23.2 Å². The molecule has 0 heterocycles. The number of ether oxygens (including phenoxy) is 1. The molecule has 1 saturated carbocycles. The van der Waals surface area contributed by atoms with Gasteiger partial charge in [0.15, 0.2) is 0 Å². The van der Waals surface area contributed by atoms with Gasteiger partial charge in [-0.25, -0.2) is 4.79 Å². The molecule has 2 rings (SSSR count). The van der Waals surface area contributed by atoms with Gasteiger partial charge in [-0.05, 0) is 42.0 Å². The van der Waals surface area contributed by atoms with Gasteiger partial charge in [0, 0.05) is 0 Å². The Balaban J connectivity index is 2.53. The zero-order valence-electron chi connectivity index (χ0n) is 11.9. The monoisotopic (exact) mass is 259 g/mol. The number of methoxy groups -OCH3 is 1. The minimum Gasteiger partial charge on any atom is -0.497 e. The third-order valence-corrected chi connectivity index (χ3v) is 4.06. The van der Waals surface area contributed by atoms with Gasteiger partial charge in [-0.1, -0.05) is 32.8 Å². The average Bonchev–Trinajstić information content (AvgIpc) is 2.88. The summed E-state index contributed by atoms with van der Waals surface area (Å²) >= 11 is 0. The number of hydrogen-bond acceptors (Lipinski definition) is 3. The summed E-state index contributed by atoms with van der Waals surface area (Å²) in [6.07, 6.45) is 5.84. The summed E-state index contributed by atoms with van der Waals surface area (Å²) in [6.45, 7) is 4.31. The predicted molar refractivity (Wildman–Crippen MR) is 75.4 cm³/mol. The van der Waals surface area contributed by atoms with Crippen molar-refractivity contribution in [1.82, 2.24) is 0 Å². The standard InChI is InChI=1S/C16H21NO2/c1-12(2)13-8-14(10-15(9-13)19-3)16(17-11-18)6-4-5-7-16/h8-10,12H,4-7H2,1-3H3. The minimum absolute atomic E-state index is 0.375. The Morgan fingerprint density at radius 3 is 2.47 bits per heavy atom. The summed E-state index contributed by atoms with van der Waals surface area (Å²) in [4.78, 5) is 14.9. The van der Waals surface area contributed by atoms with E-state index in [4.69, 9.17) is 4.74 Å². The van der Waals surface area contributed by atoms with E-state index in [1.54, 1.807) is 13.2 Å². The maximum Gasteiger partial charge on any atom is 0.235 e. The third-order valence-electron chi connectivity index (χ3n) is 4.06. The second-order valence-corrected chi connectivity index (χ2v) is 5.59. The maximum atomic E-state index is 10.8. The fourth-order valence-electron chi connectivity index (χ4n) is 2.85. The van der Waals surface area contributed by atoms with E-state index in [0.717, 1.165) is 37.0 Å². The molecule has 19 heavy (non-hydrogen) atoms. The zero-order valence-corrected chi connectivity index (χ0v) is 11.9. The molecule has 0 aromatic heterocycles. The third kappa shape index (κ3) is 2.71. The Morgan fingerprint density at radius 2 is 1.95 bits per heavy atom. The second kappa shape index (κ2) is 5.58. The van der Waals surface area contributed by atoms with Crippen LogP contribution >= 0.6 is 0 Å². The van der Waals surface area contributed by atoms with Crippen molar-refractivity contribution < 1.29 is 9.53 Å². The van der Waals surface area contributed by atoms with Crippen LogP contribution in [0.3, 0.4) is 0 Å². The number of hydrogen-bond donors (Lipinski definition) is 0. The molecule has 3 nitrogen and oxygen atoms in total. The molecule has 1 fully saturated rings. The van der Waals surface area contributed by atoms with Crippen molar-refractivity contribution in [3.8, 4) is 5.75 Å². The van der Waals surface area contributed by atoms with Crippen molar-refractivity contribution in [3.05, 3.63) is 29.3 Å². The Bertz CT molecular complexity index is 495. The Labute approximate surface area is 114 Å². The SMILES string of the molecule is COc1cc(C(C)C)cc(C2(N=C=O)CCCC2)c1. The number of aliphatic imine (C=N–C) groups is 1. The van der Waals surface area contributed by atoms with Gasteiger partial charge in [0.2, 0.25) is 6.08 Å². The van der Waals surface area contributed by atoms with Crippen molar-refractivity contribution in [3.63, 3.8) is 0 Å². The lowest BCUT2D eigenvalue weighted by atomic mass is 9.86. The van der Waals surface area contributed by atoms with Crippen molar-refractivity contribution in [2.24, 2.45) is 4.99 Å².